The Kier molecular flexibility index (Phi) is 8.59. The topological polar surface area (TPSA) is 114 Å². The van der Waals surface area contributed by atoms with Gasteiger partial charge in [-0.25, -0.2) is 22.8 Å². The molecule has 1 saturated carbocycles. The molecule has 1 aliphatic carbocycles. The van der Waals surface area contributed by atoms with Crippen molar-refractivity contribution in [1.29, 1.82) is 0 Å². The van der Waals surface area contributed by atoms with Gasteiger partial charge in [0.25, 0.3) is 16.5 Å². The van der Waals surface area contributed by atoms with Crippen LogP contribution < -0.4 is 14.8 Å². The third-order valence-electron chi connectivity index (χ3n) is 6.83. The zero-order chi connectivity index (χ0) is 29.1. The number of nitrogens with one attached hydrogen (secondary N) is 2. The molecule has 3 aromatic rings. The first-order valence-electron chi connectivity index (χ1n) is 12.2. The van der Waals surface area contributed by atoms with Gasteiger partial charge in [0.2, 0.25) is 0 Å². The molecule has 40 heavy (non-hydrogen) atoms. The number of sulfonamides is 1. The largest absolute Gasteiger partial charge is 0.426 e. The number of carbonyl (C=O) groups excluding carboxylic acids is 1. The van der Waals surface area contributed by atoms with Crippen LogP contribution in [0.25, 0.3) is 0 Å². The summed E-state index contributed by atoms with van der Waals surface area (Å²) in [4.78, 5) is 19.8. The maximum Gasteiger partial charge on any atom is 0.416 e. The third-order valence-corrected chi connectivity index (χ3v) is 8.20. The van der Waals surface area contributed by atoms with Gasteiger partial charge in [0.1, 0.15) is 22.9 Å². The van der Waals surface area contributed by atoms with Crippen LogP contribution in [0.1, 0.15) is 36.3 Å². The van der Waals surface area contributed by atoms with Crippen LogP contribution in [-0.2, 0) is 21.0 Å². The van der Waals surface area contributed by atoms with Crippen LogP contribution >= 0.6 is 0 Å². The molecule has 0 bridgehead atoms. The number of alkyl halides is 3. The summed E-state index contributed by atoms with van der Waals surface area (Å²) in [7, 11) is -0.788. The molecule has 0 saturated heterocycles. The number of anilines is 2. The number of nitrogens with zero attached hydrogens (tertiary/aromatic N) is 3. The fourth-order valence-corrected chi connectivity index (χ4v) is 5.99. The van der Waals surface area contributed by atoms with Crippen molar-refractivity contribution < 1.29 is 35.5 Å². The molecule has 0 unspecified atom stereocenters. The van der Waals surface area contributed by atoms with Gasteiger partial charge >= 0.3 is 6.18 Å². The van der Waals surface area contributed by atoms with E-state index in [9.17, 15) is 26.4 Å². The average Bonchev–Trinajstić information content (AvgIpc) is 2.90. The number of likely N-dealkylation sites (N-methyl/N-ethyl adjacent to an activating group) is 1. The van der Waals surface area contributed by atoms with Crippen LogP contribution in [0.15, 0.2) is 59.9 Å². The Bertz CT molecular complexity index is 1460. The predicted molar refractivity (Wildman–Crippen MR) is 139 cm³/mol. The molecule has 1 aliphatic rings. The zero-order valence-electron chi connectivity index (χ0n) is 21.5. The Balaban J connectivity index is 1.58. The number of ether oxygens (including phenoxy) is 1. The number of halogens is 4. The normalized spacial score (nSPS) is 19.7. The minimum atomic E-state index is -4.45. The molecule has 4 rings (SSSR count). The smallest absolute Gasteiger partial charge is 0.416 e. The van der Waals surface area contributed by atoms with Crippen LogP contribution in [0.2, 0.25) is 0 Å². The summed E-state index contributed by atoms with van der Waals surface area (Å²) in [5.41, 5.74) is -0.0659. The van der Waals surface area contributed by atoms with Gasteiger partial charge in [0.15, 0.2) is 5.75 Å². The summed E-state index contributed by atoms with van der Waals surface area (Å²) in [6.45, 7) is 0.0979. The summed E-state index contributed by atoms with van der Waals surface area (Å²) in [5.74, 6) is -1.53. The molecular weight excluding hydrogens is 554 g/mol. The summed E-state index contributed by atoms with van der Waals surface area (Å²) >= 11 is 0. The van der Waals surface area contributed by atoms with Gasteiger partial charge in [-0.15, -0.1) is 0 Å². The van der Waals surface area contributed by atoms with E-state index in [1.165, 1.54) is 24.4 Å². The molecule has 1 heterocycles. The van der Waals surface area contributed by atoms with Crippen molar-refractivity contribution in [3.63, 3.8) is 0 Å². The van der Waals surface area contributed by atoms with Crippen molar-refractivity contribution in [2.24, 2.45) is 0 Å². The summed E-state index contributed by atoms with van der Waals surface area (Å²) in [6, 6.07) is 7.89. The van der Waals surface area contributed by atoms with Gasteiger partial charge in [0, 0.05) is 30.4 Å². The molecule has 1 aromatic heterocycles. The Labute approximate surface area is 228 Å². The van der Waals surface area contributed by atoms with Crippen molar-refractivity contribution in [3.05, 3.63) is 71.9 Å². The fourth-order valence-electron chi connectivity index (χ4n) is 4.90. The summed E-state index contributed by atoms with van der Waals surface area (Å²) in [6.07, 6.45) is -0.470. The number of rotatable bonds is 9. The van der Waals surface area contributed by atoms with Crippen molar-refractivity contribution >= 4 is 28.0 Å². The highest BCUT2D eigenvalue weighted by Crippen LogP contribution is 2.40. The average molecular weight is 582 g/mol. The number of hydrogen-bond acceptors (Lipinski definition) is 8. The molecule has 214 valence electrons. The van der Waals surface area contributed by atoms with E-state index >= 15 is 4.39 Å². The van der Waals surface area contributed by atoms with E-state index in [1.54, 1.807) is 6.07 Å². The van der Waals surface area contributed by atoms with Gasteiger partial charge in [-0.05, 0) is 57.0 Å². The quantitative estimate of drug-likeness (QED) is 0.278. The van der Waals surface area contributed by atoms with Gasteiger partial charge in [-0.2, -0.15) is 13.2 Å². The van der Waals surface area contributed by atoms with E-state index in [1.807, 2.05) is 19.0 Å². The second kappa shape index (κ2) is 11.8. The second-order valence-corrected chi connectivity index (χ2v) is 11.3. The van der Waals surface area contributed by atoms with E-state index in [0.717, 1.165) is 24.5 Å². The molecule has 0 aliphatic heterocycles. The van der Waals surface area contributed by atoms with Gasteiger partial charge in [-0.3, -0.25) is 9.52 Å². The maximum absolute atomic E-state index is 15.2. The molecule has 3 atom stereocenters. The van der Waals surface area contributed by atoms with Crippen LogP contribution in [0.5, 0.6) is 5.75 Å². The molecule has 2 N–H and O–H groups in total. The van der Waals surface area contributed by atoms with Crippen molar-refractivity contribution in [2.75, 3.05) is 24.1 Å². The third kappa shape index (κ3) is 6.67. The molecule has 0 spiro atoms. The predicted octanol–water partition coefficient (Wildman–Crippen LogP) is 4.65. The van der Waals surface area contributed by atoms with Gasteiger partial charge < -0.3 is 15.0 Å². The first-order chi connectivity index (χ1) is 18.9. The highest BCUT2D eigenvalue weighted by Gasteiger charge is 2.35. The molecular formula is C26H27F4N5O4S. The Morgan fingerprint density at radius 1 is 1.12 bits per heavy atom. The first kappa shape index (κ1) is 29.2. The van der Waals surface area contributed by atoms with Crippen LogP contribution in [-0.4, -0.2) is 55.9 Å². The Morgan fingerprint density at radius 2 is 1.90 bits per heavy atom. The van der Waals surface area contributed by atoms with Crippen LogP contribution in [0, 0.1) is 5.82 Å². The first-order valence-corrected chi connectivity index (χ1v) is 13.7. The zero-order valence-corrected chi connectivity index (χ0v) is 22.3. The number of carbonyl (C=O) groups is 1. The van der Waals surface area contributed by atoms with E-state index in [2.05, 4.69) is 20.0 Å². The minimum absolute atomic E-state index is 0.0555. The van der Waals surface area contributed by atoms with E-state index < -0.39 is 32.5 Å². The van der Waals surface area contributed by atoms with Crippen LogP contribution in [0.4, 0.5) is 29.1 Å². The molecule has 1 fully saturated rings. The maximum atomic E-state index is 15.2. The van der Waals surface area contributed by atoms with Crippen LogP contribution in [0.3, 0.4) is 0 Å². The second-order valence-electron chi connectivity index (χ2n) is 9.61. The minimum Gasteiger partial charge on any atom is -0.426 e. The monoisotopic (exact) mass is 581 g/mol. The lowest BCUT2D eigenvalue weighted by Crippen LogP contribution is -2.47. The van der Waals surface area contributed by atoms with Crippen molar-refractivity contribution in [1.82, 2.24) is 14.9 Å². The SMILES string of the molecule is CN(C)[C@H]1C[C@@H](c2cccc(C(F)(F)F)c2)CC[C@@H]1Nc1cc(F)c(S(=O)(=O)Nc2ccncn2)cc1OC=O. The number of benzene rings is 2. The number of aromatic nitrogens is 2. The van der Waals surface area contributed by atoms with E-state index in [4.69, 9.17) is 4.74 Å². The number of hydrogen-bond donors (Lipinski definition) is 2. The van der Waals surface area contributed by atoms with Gasteiger partial charge in [0.05, 0.1) is 11.3 Å². The summed E-state index contributed by atoms with van der Waals surface area (Å²) in [5, 5.41) is 3.16. The lowest BCUT2D eigenvalue weighted by molar-refractivity contribution is -0.137. The Hall–Kier alpha value is -3.78. The lowest BCUT2D eigenvalue weighted by Gasteiger charge is -2.41. The standard InChI is InChI=1S/C26H27F4N5O4S/c1-35(2)22-11-17(16-4-3-5-18(10-16)26(28,29)30)6-7-20(22)33-21-12-19(27)24(13-23(21)39-15-36)40(37,38)34-25-8-9-31-14-32-25/h3-5,8-10,12-15,17,20,22,33H,6-7,11H2,1-2H3,(H,31,32,34)/t17-,20-,22-/m0/s1. The van der Waals surface area contributed by atoms with Crippen molar-refractivity contribution in [2.45, 2.75) is 48.3 Å². The highest BCUT2D eigenvalue weighted by molar-refractivity contribution is 7.92. The molecule has 0 amide bonds. The molecule has 2 aromatic carbocycles. The van der Waals surface area contributed by atoms with E-state index in [0.29, 0.717) is 24.8 Å². The highest BCUT2D eigenvalue weighted by atomic mass is 32.2. The lowest BCUT2D eigenvalue weighted by atomic mass is 9.78. The van der Waals surface area contributed by atoms with Crippen molar-refractivity contribution in [3.8, 4) is 5.75 Å². The summed E-state index contributed by atoms with van der Waals surface area (Å²) < 4.78 is 87.7. The molecule has 9 nitrogen and oxygen atoms in total. The molecule has 0 radical (unpaired) electrons. The Morgan fingerprint density at radius 3 is 2.55 bits per heavy atom. The molecule has 14 heteroatoms. The van der Waals surface area contributed by atoms with E-state index in [-0.39, 0.29) is 41.7 Å². The fraction of sp³-hybridized carbons (Fsp3) is 0.346. The van der Waals surface area contributed by atoms with Gasteiger partial charge in [-0.1, -0.05) is 18.2 Å².